The van der Waals surface area contributed by atoms with Gasteiger partial charge in [0.2, 0.25) is 0 Å². The molecule has 0 spiro atoms. The molecule has 0 aliphatic carbocycles. The van der Waals surface area contributed by atoms with E-state index in [0.717, 1.165) is 5.69 Å². The highest BCUT2D eigenvalue weighted by atomic mass is 32.1. The third kappa shape index (κ3) is 2.97. The fourth-order valence-electron chi connectivity index (χ4n) is 1.67. The maximum Gasteiger partial charge on any atom is 0.296 e. The van der Waals surface area contributed by atoms with Crippen LogP contribution in [0.1, 0.15) is 5.69 Å². The molecule has 0 saturated heterocycles. The number of aromatic nitrogens is 1. The maximum atomic E-state index is 11.1. The molecule has 0 radical (unpaired) electrons. The van der Waals surface area contributed by atoms with Crippen molar-refractivity contribution in [2.75, 3.05) is 19.5 Å². The van der Waals surface area contributed by atoms with E-state index < -0.39 is 4.92 Å². The molecular formula is C12H13N3O4S. The van der Waals surface area contributed by atoms with Gasteiger partial charge in [-0.25, -0.2) is 4.98 Å². The van der Waals surface area contributed by atoms with Crippen molar-refractivity contribution in [1.29, 1.82) is 0 Å². The maximum absolute atomic E-state index is 11.1. The van der Waals surface area contributed by atoms with Crippen molar-refractivity contribution in [2.45, 2.75) is 6.54 Å². The predicted octanol–water partition coefficient (Wildman–Crippen LogP) is 2.68. The molecular weight excluding hydrogens is 282 g/mol. The monoisotopic (exact) mass is 295 g/mol. The first-order valence-corrected chi connectivity index (χ1v) is 6.61. The van der Waals surface area contributed by atoms with Gasteiger partial charge >= 0.3 is 0 Å². The lowest BCUT2D eigenvalue weighted by Gasteiger charge is -2.11. The summed E-state index contributed by atoms with van der Waals surface area (Å²) in [5.74, 6) is 0.747. The van der Waals surface area contributed by atoms with E-state index in [-0.39, 0.29) is 5.69 Å². The van der Waals surface area contributed by atoms with Gasteiger partial charge < -0.3 is 14.8 Å². The van der Waals surface area contributed by atoms with Crippen LogP contribution >= 0.6 is 11.3 Å². The summed E-state index contributed by atoms with van der Waals surface area (Å²) in [5, 5.41) is 16.0. The Morgan fingerprint density at radius 1 is 1.35 bits per heavy atom. The van der Waals surface area contributed by atoms with Gasteiger partial charge in [-0.05, 0) is 0 Å². The van der Waals surface area contributed by atoms with Gasteiger partial charge in [-0.1, -0.05) is 0 Å². The number of thiazole rings is 1. The summed E-state index contributed by atoms with van der Waals surface area (Å²) in [5.41, 5.74) is 2.82. The van der Waals surface area contributed by atoms with E-state index in [0.29, 0.717) is 23.7 Å². The van der Waals surface area contributed by atoms with Gasteiger partial charge in [-0.15, -0.1) is 11.3 Å². The molecule has 1 aromatic heterocycles. The quantitative estimate of drug-likeness (QED) is 0.651. The van der Waals surface area contributed by atoms with Crippen LogP contribution in [-0.2, 0) is 6.54 Å². The molecule has 0 bridgehead atoms. The lowest BCUT2D eigenvalue weighted by Crippen LogP contribution is -2.04. The summed E-state index contributed by atoms with van der Waals surface area (Å²) >= 11 is 1.47. The van der Waals surface area contributed by atoms with Gasteiger partial charge in [-0.2, -0.15) is 0 Å². The van der Waals surface area contributed by atoms with Crippen molar-refractivity contribution in [2.24, 2.45) is 0 Å². The number of benzene rings is 1. The summed E-state index contributed by atoms with van der Waals surface area (Å²) in [4.78, 5) is 14.8. The Morgan fingerprint density at radius 3 is 2.60 bits per heavy atom. The lowest BCUT2D eigenvalue weighted by atomic mass is 10.2. The standard InChI is InChI=1S/C12H13N3O4S/c1-18-11-3-9(13-5-8-6-20-7-14-8)10(15(16)17)4-12(11)19-2/h3-4,6-7,13H,5H2,1-2H3. The minimum atomic E-state index is -0.467. The molecule has 1 heterocycles. The van der Waals surface area contributed by atoms with Crippen LogP contribution in [-0.4, -0.2) is 24.1 Å². The largest absolute Gasteiger partial charge is 0.493 e. The molecule has 0 amide bonds. The molecule has 7 nitrogen and oxygen atoms in total. The van der Waals surface area contributed by atoms with Gasteiger partial charge in [-0.3, -0.25) is 10.1 Å². The molecule has 0 aliphatic heterocycles. The van der Waals surface area contributed by atoms with Crippen LogP contribution < -0.4 is 14.8 Å². The van der Waals surface area contributed by atoms with Crippen LogP contribution in [0.25, 0.3) is 0 Å². The Hall–Kier alpha value is -2.35. The molecule has 1 aromatic carbocycles. The number of ether oxygens (including phenoxy) is 2. The number of rotatable bonds is 6. The number of nitrogens with zero attached hydrogens (tertiary/aromatic N) is 2. The molecule has 0 aliphatic rings. The van der Waals surface area contributed by atoms with Crippen molar-refractivity contribution in [3.8, 4) is 11.5 Å². The second-order valence-electron chi connectivity index (χ2n) is 3.81. The normalized spacial score (nSPS) is 10.1. The Kier molecular flexibility index (Phi) is 4.36. The number of hydrogen-bond donors (Lipinski definition) is 1. The zero-order chi connectivity index (χ0) is 14.5. The average molecular weight is 295 g/mol. The van der Waals surface area contributed by atoms with Crippen molar-refractivity contribution in [1.82, 2.24) is 4.98 Å². The zero-order valence-corrected chi connectivity index (χ0v) is 11.8. The zero-order valence-electron chi connectivity index (χ0n) is 11.0. The predicted molar refractivity (Wildman–Crippen MR) is 75.6 cm³/mol. The van der Waals surface area contributed by atoms with E-state index in [1.165, 1.54) is 31.6 Å². The van der Waals surface area contributed by atoms with Gasteiger partial charge in [0.25, 0.3) is 5.69 Å². The van der Waals surface area contributed by atoms with Crippen molar-refractivity contribution < 1.29 is 14.4 Å². The summed E-state index contributed by atoms with van der Waals surface area (Å²) in [6, 6.07) is 2.88. The molecule has 0 atom stereocenters. The molecule has 0 fully saturated rings. The lowest BCUT2D eigenvalue weighted by molar-refractivity contribution is -0.384. The van der Waals surface area contributed by atoms with Crippen LogP contribution in [0.15, 0.2) is 23.0 Å². The molecule has 2 aromatic rings. The van der Waals surface area contributed by atoms with E-state index in [2.05, 4.69) is 10.3 Å². The Labute approximate surface area is 119 Å². The van der Waals surface area contributed by atoms with E-state index in [9.17, 15) is 10.1 Å². The van der Waals surface area contributed by atoms with Gasteiger partial charge in [0, 0.05) is 11.4 Å². The van der Waals surface area contributed by atoms with Gasteiger partial charge in [0.15, 0.2) is 11.5 Å². The second-order valence-corrected chi connectivity index (χ2v) is 4.53. The van der Waals surface area contributed by atoms with Crippen LogP contribution in [0.2, 0.25) is 0 Å². The first-order valence-electron chi connectivity index (χ1n) is 5.67. The van der Waals surface area contributed by atoms with E-state index >= 15 is 0 Å². The molecule has 20 heavy (non-hydrogen) atoms. The van der Waals surface area contributed by atoms with Crippen LogP contribution in [0.5, 0.6) is 11.5 Å². The minimum absolute atomic E-state index is 0.0714. The highest BCUT2D eigenvalue weighted by Gasteiger charge is 2.19. The van der Waals surface area contributed by atoms with Crippen LogP contribution in [0.3, 0.4) is 0 Å². The summed E-state index contributed by atoms with van der Waals surface area (Å²) in [6.07, 6.45) is 0. The van der Waals surface area contributed by atoms with Crippen molar-refractivity contribution >= 4 is 22.7 Å². The smallest absolute Gasteiger partial charge is 0.296 e. The van der Waals surface area contributed by atoms with Crippen molar-refractivity contribution in [3.63, 3.8) is 0 Å². The molecule has 0 unspecified atom stereocenters. The van der Waals surface area contributed by atoms with Crippen LogP contribution in [0.4, 0.5) is 11.4 Å². The molecule has 0 saturated carbocycles. The minimum Gasteiger partial charge on any atom is -0.493 e. The highest BCUT2D eigenvalue weighted by molar-refractivity contribution is 7.07. The molecule has 8 heteroatoms. The fourth-order valence-corrected chi connectivity index (χ4v) is 2.23. The first kappa shape index (κ1) is 14.1. The van der Waals surface area contributed by atoms with Crippen LogP contribution in [0, 0.1) is 10.1 Å². The topological polar surface area (TPSA) is 86.5 Å². The molecule has 2 rings (SSSR count). The Morgan fingerprint density at radius 2 is 2.05 bits per heavy atom. The van der Waals surface area contributed by atoms with E-state index in [4.69, 9.17) is 9.47 Å². The van der Waals surface area contributed by atoms with Crippen molar-refractivity contribution in [3.05, 3.63) is 38.8 Å². The summed E-state index contributed by atoms with van der Waals surface area (Å²) in [7, 11) is 2.91. The number of hydrogen-bond acceptors (Lipinski definition) is 7. The molecule has 106 valence electrons. The number of methoxy groups -OCH3 is 2. The highest BCUT2D eigenvalue weighted by Crippen LogP contribution is 2.37. The average Bonchev–Trinajstić information content (AvgIpc) is 2.97. The number of nitrogens with one attached hydrogen (secondary N) is 1. The Balaban J connectivity index is 2.31. The first-order chi connectivity index (χ1) is 9.65. The van der Waals surface area contributed by atoms with E-state index in [1.807, 2.05) is 5.38 Å². The van der Waals surface area contributed by atoms with E-state index in [1.54, 1.807) is 11.6 Å². The summed E-state index contributed by atoms with van der Waals surface area (Å²) < 4.78 is 10.2. The SMILES string of the molecule is COc1cc(NCc2cscn2)c([N+](=O)[O-])cc1OC. The third-order valence-corrected chi connectivity index (χ3v) is 3.28. The second kappa shape index (κ2) is 6.20. The number of nitro groups is 1. The number of nitro benzene ring substituents is 1. The Bertz CT molecular complexity index is 601. The number of anilines is 1. The fraction of sp³-hybridized carbons (Fsp3) is 0.250. The molecule has 1 N–H and O–H groups in total. The van der Waals surface area contributed by atoms with Gasteiger partial charge in [0.1, 0.15) is 5.69 Å². The van der Waals surface area contributed by atoms with Gasteiger partial charge in [0.05, 0.1) is 43.0 Å². The summed E-state index contributed by atoms with van der Waals surface area (Å²) in [6.45, 7) is 0.403. The third-order valence-electron chi connectivity index (χ3n) is 2.64.